The molecule has 1 aliphatic carbocycles. The van der Waals surface area contributed by atoms with Crippen molar-refractivity contribution in [3.8, 4) is 5.75 Å². The fraction of sp³-hybridized carbons (Fsp3) is 0.381. The number of aliphatic hydroxyl groups excluding tert-OH is 1. The predicted molar refractivity (Wildman–Crippen MR) is 101 cm³/mol. The van der Waals surface area contributed by atoms with E-state index in [1.165, 1.54) is 12.1 Å². The lowest BCUT2D eigenvalue weighted by Crippen LogP contribution is -2.40. The lowest BCUT2D eigenvalue weighted by atomic mass is 9.99. The molecule has 2 aromatic carbocycles. The van der Waals surface area contributed by atoms with E-state index in [9.17, 15) is 28.2 Å². The molecule has 0 bridgehead atoms. The Morgan fingerprint density at radius 3 is 2.55 bits per heavy atom. The molecule has 156 valence electrons. The van der Waals surface area contributed by atoms with Crippen LogP contribution in [0.1, 0.15) is 34.7 Å². The Labute approximate surface area is 166 Å². The Balaban J connectivity index is 1.51. The zero-order valence-electron chi connectivity index (χ0n) is 15.7. The number of aromatic hydroxyl groups is 1. The van der Waals surface area contributed by atoms with Gasteiger partial charge in [-0.2, -0.15) is 13.2 Å². The van der Waals surface area contributed by atoms with E-state index in [2.05, 4.69) is 10.6 Å². The van der Waals surface area contributed by atoms with Gasteiger partial charge in [-0.15, -0.1) is 0 Å². The number of phenolic OH excluding ortho intramolecular Hbond substituents is 1. The third-order valence-corrected chi connectivity index (χ3v) is 5.13. The number of benzene rings is 2. The summed E-state index contributed by atoms with van der Waals surface area (Å²) in [4.78, 5) is 12.2. The highest BCUT2D eigenvalue weighted by Crippen LogP contribution is 2.33. The van der Waals surface area contributed by atoms with Crippen molar-refractivity contribution in [3.63, 3.8) is 0 Å². The molecule has 0 aliphatic heterocycles. The van der Waals surface area contributed by atoms with Crippen molar-refractivity contribution in [1.29, 1.82) is 0 Å². The molecule has 4 N–H and O–H groups in total. The quantitative estimate of drug-likeness (QED) is 0.590. The number of amides is 2. The Bertz CT molecular complexity index is 853. The van der Waals surface area contributed by atoms with Gasteiger partial charge < -0.3 is 20.8 Å². The van der Waals surface area contributed by atoms with Gasteiger partial charge in [0, 0.05) is 19.1 Å². The van der Waals surface area contributed by atoms with Gasteiger partial charge in [-0.1, -0.05) is 18.2 Å². The van der Waals surface area contributed by atoms with Crippen LogP contribution in [0.5, 0.6) is 5.75 Å². The number of hydrogen-bond acceptors (Lipinski definition) is 3. The van der Waals surface area contributed by atoms with Crippen molar-refractivity contribution in [2.24, 2.45) is 5.92 Å². The number of rotatable bonds is 6. The lowest BCUT2D eigenvalue weighted by Gasteiger charge is -2.18. The van der Waals surface area contributed by atoms with E-state index in [1.807, 2.05) is 6.07 Å². The van der Waals surface area contributed by atoms with Crippen LogP contribution in [-0.2, 0) is 19.0 Å². The SMILES string of the molecule is O=C(NCC(CO)Cc1ccc(C(F)(F)F)cc1)NC1CCc2ccc(O)cc21. The third-order valence-electron chi connectivity index (χ3n) is 5.13. The van der Waals surface area contributed by atoms with E-state index in [0.29, 0.717) is 12.0 Å². The Kier molecular flexibility index (Phi) is 6.32. The number of carbonyl (C=O) groups is 1. The summed E-state index contributed by atoms with van der Waals surface area (Å²) in [6.45, 7) is -0.0234. The normalized spacial score (nSPS) is 16.9. The number of aryl methyl sites for hydroxylation is 1. The van der Waals surface area contributed by atoms with Crippen molar-refractivity contribution in [2.75, 3.05) is 13.2 Å². The lowest BCUT2D eigenvalue weighted by molar-refractivity contribution is -0.137. The number of halogens is 3. The highest BCUT2D eigenvalue weighted by atomic mass is 19.4. The smallest absolute Gasteiger partial charge is 0.416 e. The van der Waals surface area contributed by atoms with Crippen LogP contribution in [0.25, 0.3) is 0 Å². The van der Waals surface area contributed by atoms with Gasteiger partial charge >= 0.3 is 12.2 Å². The molecule has 2 aromatic rings. The van der Waals surface area contributed by atoms with Crippen LogP contribution in [0, 0.1) is 5.92 Å². The van der Waals surface area contributed by atoms with Gasteiger partial charge in [-0.3, -0.25) is 0 Å². The summed E-state index contributed by atoms with van der Waals surface area (Å²) < 4.78 is 37.9. The largest absolute Gasteiger partial charge is 0.508 e. The summed E-state index contributed by atoms with van der Waals surface area (Å²) in [5, 5.41) is 24.8. The standard InChI is InChI=1S/C21H23F3N2O3/c22-21(23,24)16-5-1-13(2-6-16)9-14(12-27)11-25-20(29)26-19-8-4-15-3-7-17(28)10-18(15)19/h1-3,5-7,10,14,19,27-28H,4,8-9,11-12H2,(H2,25,26,29). The van der Waals surface area contributed by atoms with Gasteiger partial charge in [0.2, 0.25) is 0 Å². The molecule has 0 spiro atoms. The molecule has 0 saturated heterocycles. The number of fused-ring (bicyclic) bond motifs is 1. The highest BCUT2D eigenvalue weighted by Gasteiger charge is 2.30. The molecule has 1 aliphatic rings. The molecule has 2 amide bonds. The number of carbonyl (C=O) groups excluding carboxylic acids is 1. The topological polar surface area (TPSA) is 81.6 Å². The van der Waals surface area contributed by atoms with Crippen LogP contribution in [0.4, 0.5) is 18.0 Å². The van der Waals surface area contributed by atoms with E-state index in [0.717, 1.165) is 36.1 Å². The van der Waals surface area contributed by atoms with Crippen molar-refractivity contribution < 1.29 is 28.2 Å². The van der Waals surface area contributed by atoms with E-state index < -0.39 is 17.8 Å². The summed E-state index contributed by atoms with van der Waals surface area (Å²) in [5.41, 5.74) is 1.91. The Morgan fingerprint density at radius 2 is 1.90 bits per heavy atom. The molecule has 8 heteroatoms. The van der Waals surface area contributed by atoms with Crippen molar-refractivity contribution >= 4 is 6.03 Å². The predicted octanol–water partition coefficient (Wildman–Crippen LogP) is 3.55. The number of nitrogens with one attached hydrogen (secondary N) is 2. The molecule has 29 heavy (non-hydrogen) atoms. The van der Waals surface area contributed by atoms with E-state index in [4.69, 9.17) is 0 Å². The average molecular weight is 408 g/mol. The van der Waals surface area contributed by atoms with Gasteiger partial charge in [-0.05, 0) is 60.2 Å². The minimum absolute atomic E-state index is 0.148. The number of urea groups is 1. The molecule has 0 fully saturated rings. The van der Waals surface area contributed by atoms with Gasteiger partial charge in [0.15, 0.2) is 0 Å². The second-order valence-electron chi connectivity index (χ2n) is 7.28. The summed E-state index contributed by atoms with van der Waals surface area (Å²) in [6, 6.07) is 9.31. The second kappa shape index (κ2) is 8.73. The highest BCUT2D eigenvalue weighted by molar-refractivity contribution is 5.74. The van der Waals surface area contributed by atoms with Gasteiger partial charge in [0.05, 0.1) is 11.6 Å². The van der Waals surface area contributed by atoms with Crippen LogP contribution in [0.15, 0.2) is 42.5 Å². The zero-order chi connectivity index (χ0) is 21.0. The average Bonchev–Trinajstić information content (AvgIpc) is 3.06. The molecular formula is C21H23F3N2O3. The monoisotopic (exact) mass is 408 g/mol. The van der Waals surface area contributed by atoms with Gasteiger partial charge in [0.1, 0.15) is 5.75 Å². The molecule has 0 heterocycles. The maximum absolute atomic E-state index is 12.6. The number of phenols is 1. The van der Waals surface area contributed by atoms with Crippen LogP contribution in [-0.4, -0.2) is 29.4 Å². The molecular weight excluding hydrogens is 385 g/mol. The molecule has 5 nitrogen and oxygen atoms in total. The summed E-state index contributed by atoms with van der Waals surface area (Å²) in [7, 11) is 0. The van der Waals surface area contributed by atoms with Crippen LogP contribution >= 0.6 is 0 Å². The number of aliphatic hydroxyl groups is 1. The van der Waals surface area contributed by atoms with Crippen molar-refractivity contribution in [2.45, 2.75) is 31.5 Å². The molecule has 0 saturated carbocycles. The fourth-order valence-electron chi connectivity index (χ4n) is 3.55. The zero-order valence-corrected chi connectivity index (χ0v) is 15.7. The maximum Gasteiger partial charge on any atom is 0.416 e. The van der Waals surface area contributed by atoms with E-state index in [1.54, 1.807) is 12.1 Å². The number of alkyl halides is 3. The first-order valence-corrected chi connectivity index (χ1v) is 9.39. The van der Waals surface area contributed by atoms with Crippen LogP contribution < -0.4 is 10.6 Å². The molecule has 3 rings (SSSR count). The summed E-state index contributed by atoms with van der Waals surface area (Å²) in [6.07, 6.45) is -2.49. The maximum atomic E-state index is 12.6. The first-order valence-electron chi connectivity index (χ1n) is 9.39. The third kappa shape index (κ3) is 5.41. The Hall–Kier alpha value is -2.74. The van der Waals surface area contributed by atoms with Gasteiger partial charge in [0.25, 0.3) is 0 Å². The summed E-state index contributed by atoms with van der Waals surface area (Å²) in [5.74, 6) is -0.174. The second-order valence-corrected chi connectivity index (χ2v) is 7.28. The molecule has 0 radical (unpaired) electrons. The number of hydrogen-bond donors (Lipinski definition) is 4. The fourth-order valence-corrected chi connectivity index (χ4v) is 3.55. The van der Waals surface area contributed by atoms with Crippen molar-refractivity contribution in [3.05, 3.63) is 64.7 Å². The van der Waals surface area contributed by atoms with Crippen LogP contribution in [0.2, 0.25) is 0 Å². The van der Waals surface area contributed by atoms with Crippen LogP contribution in [0.3, 0.4) is 0 Å². The minimum Gasteiger partial charge on any atom is -0.508 e. The first-order chi connectivity index (χ1) is 13.8. The van der Waals surface area contributed by atoms with E-state index >= 15 is 0 Å². The molecule has 0 aromatic heterocycles. The first kappa shape index (κ1) is 21.0. The summed E-state index contributed by atoms with van der Waals surface area (Å²) >= 11 is 0. The van der Waals surface area contributed by atoms with E-state index in [-0.39, 0.29) is 30.9 Å². The molecule has 2 unspecified atom stereocenters. The van der Waals surface area contributed by atoms with Gasteiger partial charge in [-0.25, -0.2) is 4.79 Å². The Morgan fingerprint density at radius 1 is 1.17 bits per heavy atom. The van der Waals surface area contributed by atoms with Crippen molar-refractivity contribution in [1.82, 2.24) is 10.6 Å². The molecule has 2 atom stereocenters. The minimum atomic E-state index is -4.38.